The maximum absolute atomic E-state index is 4.45. The van der Waals surface area contributed by atoms with Gasteiger partial charge in [0.15, 0.2) is 0 Å². The van der Waals surface area contributed by atoms with Crippen LogP contribution in [-0.4, -0.2) is 41.6 Å². The Hall–Kier alpha value is -1.59. The van der Waals surface area contributed by atoms with Gasteiger partial charge in [-0.2, -0.15) is 15.0 Å². The second-order valence-corrected chi connectivity index (χ2v) is 7.17. The molecule has 114 valence electrons. The first-order chi connectivity index (χ1) is 9.02. The van der Waals surface area contributed by atoms with Crippen LogP contribution in [0.4, 0.5) is 17.8 Å². The van der Waals surface area contributed by atoms with E-state index in [0.29, 0.717) is 17.8 Å². The van der Waals surface area contributed by atoms with Crippen molar-refractivity contribution in [3.05, 3.63) is 0 Å². The van der Waals surface area contributed by atoms with E-state index in [4.69, 9.17) is 0 Å². The maximum atomic E-state index is 4.45. The number of hydrogen-bond donors (Lipinski definition) is 2. The lowest BCUT2D eigenvalue weighted by molar-refractivity contribution is 0.301. The van der Waals surface area contributed by atoms with Crippen molar-refractivity contribution in [3.8, 4) is 0 Å². The first-order valence-corrected chi connectivity index (χ1v) is 6.92. The highest BCUT2D eigenvalue weighted by atomic mass is 15.3. The Labute approximate surface area is 122 Å². The quantitative estimate of drug-likeness (QED) is 0.864. The molecule has 0 aliphatic carbocycles. The van der Waals surface area contributed by atoms with Crippen LogP contribution in [0.2, 0.25) is 0 Å². The Morgan fingerprint density at radius 2 is 1.50 bits per heavy atom. The van der Waals surface area contributed by atoms with E-state index in [2.05, 4.69) is 60.2 Å². The van der Waals surface area contributed by atoms with Crippen molar-refractivity contribution < 1.29 is 0 Å². The Morgan fingerprint density at radius 3 is 1.95 bits per heavy atom. The average molecular weight is 280 g/mol. The highest BCUT2D eigenvalue weighted by Crippen LogP contribution is 2.29. The van der Waals surface area contributed by atoms with Crippen molar-refractivity contribution in [2.45, 2.75) is 46.6 Å². The fourth-order valence-corrected chi connectivity index (χ4v) is 2.41. The average Bonchev–Trinajstić information content (AvgIpc) is 2.24. The van der Waals surface area contributed by atoms with Gasteiger partial charge in [0.05, 0.1) is 0 Å². The van der Waals surface area contributed by atoms with E-state index in [-0.39, 0.29) is 11.0 Å². The third-order valence-electron chi connectivity index (χ3n) is 2.67. The molecule has 0 atom stereocenters. The summed E-state index contributed by atoms with van der Waals surface area (Å²) >= 11 is 0. The highest BCUT2D eigenvalue weighted by Gasteiger charge is 2.26. The second kappa shape index (κ2) is 5.81. The van der Waals surface area contributed by atoms with Gasteiger partial charge in [0.2, 0.25) is 17.8 Å². The lowest BCUT2D eigenvalue weighted by Crippen LogP contribution is -2.36. The van der Waals surface area contributed by atoms with Crippen LogP contribution in [-0.2, 0) is 0 Å². The van der Waals surface area contributed by atoms with Gasteiger partial charge < -0.3 is 15.5 Å². The molecule has 0 radical (unpaired) electrons. The summed E-state index contributed by atoms with van der Waals surface area (Å²) in [6.45, 7) is 11.0. The van der Waals surface area contributed by atoms with Crippen LogP contribution < -0.4 is 15.5 Å². The molecule has 0 aliphatic rings. The minimum atomic E-state index is -0.0891. The first-order valence-electron chi connectivity index (χ1n) is 6.92. The molecule has 2 N–H and O–H groups in total. The molecule has 0 saturated heterocycles. The van der Waals surface area contributed by atoms with Crippen molar-refractivity contribution in [2.75, 3.05) is 36.7 Å². The molecular weight excluding hydrogens is 252 g/mol. The van der Waals surface area contributed by atoms with Crippen LogP contribution >= 0.6 is 0 Å². The molecular formula is C14H28N6. The molecule has 0 aliphatic heterocycles. The molecule has 0 unspecified atom stereocenters. The lowest BCUT2D eigenvalue weighted by atomic mass is 9.82. The molecule has 1 heterocycles. The fraction of sp³-hybridized carbons (Fsp3) is 0.786. The van der Waals surface area contributed by atoms with Crippen molar-refractivity contribution in [1.82, 2.24) is 15.0 Å². The van der Waals surface area contributed by atoms with Crippen molar-refractivity contribution in [3.63, 3.8) is 0 Å². The van der Waals surface area contributed by atoms with E-state index in [0.717, 1.165) is 6.42 Å². The smallest absolute Gasteiger partial charge is 0.231 e. The second-order valence-electron chi connectivity index (χ2n) is 7.17. The molecule has 0 bridgehead atoms. The molecule has 1 aromatic rings. The summed E-state index contributed by atoms with van der Waals surface area (Å²) in [7, 11) is 5.64. The summed E-state index contributed by atoms with van der Waals surface area (Å²) in [6.07, 6.45) is 1.01. The van der Waals surface area contributed by atoms with Crippen LogP contribution in [0, 0.1) is 5.41 Å². The molecule has 0 amide bonds. The minimum absolute atomic E-state index is 0.0891. The monoisotopic (exact) mass is 280 g/mol. The zero-order valence-corrected chi connectivity index (χ0v) is 14.0. The number of rotatable bonds is 5. The van der Waals surface area contributed by atoms with E-state index >= 15 is 0 Å². The summed E-state index contributed by atoms with van der Waals surface area (Å²) < 4.78 is 0. The third kappa shape index (κ3) is 5.19. The van der Waals surface area contributed by atoms with E-state index in [1.54, 1.807) is 7.05 Å². The molecule has 6 nitrogen and oxygen atoms in total. The highest BCUT2D eigenvalue weighted by molar-refractivity contribution is 5.43. The molecule has 1 aromatic heterocycles. The van der Waals surface area contributed by atoms with E-state index < -0.39 is 0 Å². The number of nitrogens with zero attached hydrogens (tertiary/aromatic N) is 4. The number of nitrogens with one attached hydrogen (secondary N) is 2. The van der Waals surface area contributed by atoms with Crippen LogP contribution in [0.3, 0.4) is 0 Å². The van der Waals surface area contributed by atoms with Gasteiger partial charge in [-0.15, -0.1) is 0 Å². The predicted octanol–water partition coefficient (Wildman–Crippen LogP) is 2.61. The molecule has 0 spiro atoms. The first kappa shape index (κ1) is 16.5. The van der Waals surface area contributed by atoms with Gasteiger partial charge in [0, 0.05) is 26.7 Å². The van der Waals surface area contributed by atoms with Gasteiger partial charge >= 0.3 is 0 Å². The van der Waals surface area contributed by atoms with Gasteiger partial charge in [0.1, 0.15) is 0 Å². The lowest BCUT2D eigenvalue weighted by Gasteiger charge is -2.33. The predicted molar refractivity (Wildman–Crippen MR) is 85.5 cm³/mol. The van der Waals surface area contributed by atoms with Crippen molar-refractivity contribution >= 4 is 17.8 Å². The van der Waals surface area contributed by atoms with Gasteiger partial charge in [-0.1, -0.05) is 20.8 Å². The molecule has 0 aromatic carbocycles. The number of aromatic nitrogens is 3. The van der Waals surface area contributed by atoms with Crippen molar-refractivity contribution in [2.24, 2.45) is 5.41 Å². The summed E-state index contributed by atoms with van der Waals surface area (Å²) in [5, 5.41) is 6.38. The maximum Gasteiger partial charge on any atom is 0.231 e. The summed E-state index contributed by atoms with van der Waals surface area (Å²) in [5.41, 5.74) is 0.147. The van der Waals surface area contributed by atoms with Gasteiger partial charge in [-0.25, -0.2) is 0 Å². The van der Waals surface area contributed by atoms with Crippen LogP contribution in [0.25, 0.3) is 0 Å². The zero-order chi connectivity index (χ0) is 15.6. The summed E-state index contributed by atoms with van der Waals surface area (Å²) in [4.78, 5) is 15.0. The molecule has 1 rings (SSSR count). The van der Waals surface area contributed by atoms with E-state index in [1.165, 1.54) is 0 Å². The van der Waals surface area contributed by atoms with E-state index in [1.807, 2.05) is 19.0 Å². The van der Waals surface area contributed by atoms with Crippen LogP contribution in [0.15, 0.2) is 0 Å². The molecule has 20 heavy (non-hydrogen) atoms. The molecule has 0 saturated carbocycles. The Kier molecular flexibility index (Phi) is 4.78. The van der Waals surface area contributed by atoms with Gasteiger partial charge in [0.25, 0.3) is 0 Å². The van der Waals surface area contributed by atoms with Crippen LogP contribution in [0.1, 0.15) is 41.0 Å². The fourth-order valence-electron chi connectivity index (χ4n) is 2.41. The Balaban J connectivity index is 2.99. The number of hydrogen-bond acceptors (Lipinski definition) is 6. The van der Waals surface area contributed by atoms with Gasteiger partial charge in [-0.05, 0) is 25.7 Å². The topological polar surface area (TPSA) is 66.0 Å². The Bertz CT molecular complexity index is 447. The van der Waals surface area contributed by atoms with E-state index in [9.17, 15) is 0 Å². The zero-order valence-electron chi connectivity index (χ0n) is 14.0. The SMILES string of the molecule is CNc1nc(NC(C)(C)CC(C)(C)C)nc(N(C)C)n1. The summed E-state index contributed by atoms with van der Waals surface area (Å²) in [6, 6.07) is 0. The van der Waals surface area contributed by atoms with Crippen LogP contribution in [0.5, 0.6) is 0 Å². The number of anilines is 3. The molecule has 6 heteroatoms. The van der Waals surface area contributed by atoms with Gasteiger partial charge in [-0.3, -0.25) is 0 Å². The molecule has 0 fully saturated rings. The minimum Gasteiger partial charge on any atom is -0.357 e. The Morgan fingerprint density at radius 1 is 0.950 bits per heavy atom. The van der Waals surface area contributed by atoms with Crippen molar-refractivity contribution in [1.29, 1.82) is 0 Å². The largest absolute Gasteiger partial charge is 0.357 e. The standard InChI is InChI=1S/C14H28N6/c1-13(2,3)9-14(4,5)19-11-16-10(15-6)17-12(18-11)20(7)8/h9H2,1-8H3,(H2,15,16,17,18,19). The normalized spacial score (nSPS) is 12.2. The third-order valence-corrected chi connectivity index (χ3v) is 2.67. The summed E-state index contributed by atoms with van der Waals surface area (Å²) in [5.74, 6) is 1.80.